The maximum absolute atomic E-state index is 3.89. The van der Waals surface area contributed by atoms with Gasteiger partial charge < -0.3 is 4.98 Å². The summed E-state index contributed by atoms with van der Waals surface area (Å²) in [6.07, 6.45) is 11.7. The van der Waals surface area contributed by atoms with Crippen LogP contribution < -0.4 is 0 Å². The predicted octanol–water partition coefficient (Wildman–Crippen LogP) is 5.74. The standard InChI is InChI=1S/C18H21B.C6H10N2/c19-15-9-3-8-14-18(16-10-4-1-5-11-16)17-12-6-2-7-13-17;1-5(2)6-3-7-4-8-6/h1-8,10-13,18H,9,14-15,19H2;3-5H,1-2H3,(H,7,8). The number of imidazole rings is 1. The summed E-state index contributed by atoms with van der Waals surface area (Å²) in [5, 5.41) is 0. The molecule has 0 aliphatic rings. The number of aromatic nitrogens is 2. The number of benzene rings is 2. The van der Waals surface area contributed by atoms with Crippen molar-refractivity contribution in [3.8, 4) is 0 Å². The molecule has 0 amide bonds. The molecule has 0 unspecified atom stereocenters. The van der Waals surface area contributed by atoms with E-state index >= 15 is 0 Å². The topological polar surface area (TPSA) is 28.7 Å². The van der Waals surface area contributed by atoms with Crippen molar-refractivity contribution >= 4 is 7.85 Å². The lowest BCUT2D eigenvalue weighted by Gasteiger charge is -2.16. The highest BCUT2D eigenvalue weighted by molar-refractivity contribution is 6.08. The molecule has 0 fully saturated rings. The summed E-state index contributed by atoms with van der Waals surface area (Å²) >= 11 is 0. The Hall–Kier alpha value is -2.55. The fourth-order valence-electron chi connectivity index (χ4n) is 2.93. The second kappa shape index (κ2) is 12.0. The summed E-state index contributed by atoms with van der Waals surface area (Å²) in [6, 6.07) is 21.6. The second-order valence-corrected chi connectivity index (χ2v) is 7.03. The highest BCUT2D eigenvalue weighted by atomic mass is 14.9. The van der Waals surface area contributed by atoms with Crippen LogP contribution in [0.1, 0.15) is 55.3 Å². The molecular weight excluding hydrogens is 327 g/mol. The number of nitrogens with zero attached hydrogens (tertiary/aromatic N) is 1. The quantitative estimate of drug-likeness (QED) is 0.423. The molecule has 0 aliphatic heterocycles. The Morgan fingerprint density at radius 2 is 1.52 bits per heavy atom. The van der Waals surface area contributed by atoms with Gasteiger partial charge >= 0.3 is 0 Å². The molecule has 0 spiro atoms. The van der Waals surface area contributed by atoms with Crippen LogP contribution in [0.15, 0.2) is 85.3 Å². The van der Waals surface area contributed by atoms with E-state index < -0.39 is 0 Å². The summed E-state index contributed by atoms with van der Waals surface area (Å²) in [6.45, 7) is 4.26. The van der Waals surface area contributed by atoms with Gasteiger partial charge in [-0.15, -0.1) is 0 Å². The third kappa shape index (κ3) is 7.30. The average molecular weight is 358 g/mol. The first-order valence-electron chi connectivity index (χ1n) is 9.95. The molecule has 140 valence electrons. The summed E-state index contributed by atoms with van der Waals surface area (Å²) in [4.78, 5) is 6.91. The molecule has 0 bridgehead atoms. The lowest BCUT2D eigenvalue weighted by molar-refractivity contribution is 0.827. The Kier molecular flexibility index (Phi) is 9.19. The van der Waals surface area contributed by atoms with Crippen molar-refractivity contribution in [1.82, 2.24) is 9.97 Å². The third-order valence-corrected chi connectivity index (χ3v) is 4.54. The Morgan fingerprint density at radius 3 is 1.93 bits per heavy atom. The molecule has 27 heavy (non-hydrogen) atoms. The van der Waals surface area contributed by atoms with E-state index in [1.54, 1.807) is 6.33 Å². The van der Waals surface area contributed by atoms with E-state index in [2.05, 4.69) is 104 Å². The highest BCUT2D eigenvalue weighted by Crippen LogP contribution is 2.28. The first kappa shape index (κ1) is 20.8. The zero-order valence-corrected chi connectivity index (χ0v) is 16.8. The first-order chi connectivity index (χ1) is 13.2. The summed E-state index contributed by atoms with van der Waals surface area (Å²) < 4.78 is 0. The fraction of sp³-hybridized carbons (Fsp3) is 0.292. The minimum absolute atomic E-state index is 0.468. The van der Waals surface area contributed by atoms with Gasteiger partial charge in [0.1, 0.15) is 7.85 Å². The molecule has 0 atom stereocenters. The maximum Gasteiger partial charge on any atom is 0.101 e. The molecule has 2 nitrogen and oxygen atoms in total. The molecule has 1 aromatic heterocycles. The van der Waals surface area contributed by atoms with Crippen LogP contribution in [0.2, 0.25) is 6.32 Å². The number of aromatic amines is 1. The van der Waals surface area contributed by atoms with Crippen molar-refractivity contribution in [2.75, 3.05) is 0 Å². The molecule has 1 N–H and O–H groups in total. The molecule has 0 saturated carbocycles. The molecule has 3 heteroatoms. The summed E-state index contributed by atoms with van der Waals surface area (Å²) in [5.41, 5.74) is 4.00. The van der Waals surface area contributed by atoms with Crippen LogP contribution in [-0.4, -0.2) is 17.8 Å². The van der Waals surface area contributed by atoms with Gasteiger partial charge in [0.15, 0.2) is 0 Å². The number of hydrogen-bond acceptors (Lipinski definition) is 1. The Balaban J connectivity index is 0.000000273. The largest absolute Gasteiger partial charge is 0.348 e. The van der Waals surface area contributed by atoms with E-state index in [4.69, 9.17) is 0 Å². The van der Waals surface area contributed by atoms with Gasteiger partial charge in [0, 0.05) is 17.8 Å². The zero-order chi connectivity index (χ0) is 19.3. The molecular formula is C24H31BN2. The van der Waals surface area contributed by atoms with Crippen LogP contribution in [-0.2, 0) is 0 Å². The minimum Gasteiger partial charge on any atom is -0.348 e. The van der Waals surface area contributed by atoms with Gasteiger partial charge in [-0.2, -0.15) is 0 Å². The summed E-state index contributed by atoms with van der Waals surface area (Å²) in [7, 11) is 2.22. The van der Waals surface area contributed by atoms with Crippen LogP contribution in [0.3, 0.4) is 0 Å². The number of allylic oxidation sites excluding steroid dienone is 2. The van der Waals surface area contributed by atoms with Gasteiger partial charge in [-0.3, -0.25) is 0 Å². The van der Waals surface area contributed by atoms with Gasteiger partial charge in [0.05, 0.1) is 6.33 Å². The smallest absolute Gasteiger partial charge is 0.101 e. The highest BCUT2D eigenvalue weighted by Gasteiger charge is 2.11. The Bertz CT molecular complexity index is 710. The van der Waals surface area contributed by atoms with Gasteiger partial charge in [-0.25, -0.2) is 4.98 Å². The van der Waals surface area contributed by atoms with E-state index in [1.165, 1.54) is 29.6 Å². The van der Waals surface area contributed by atoms with Crippen LogP contribution in [0, 0.1) is 0 Å². The minimum atomic E-state index is 0.468. The van der Waals surface area contributed by atoms with Crippen LogP contribution in [0.4, 0.5) is 0 Å². The van der Waals surface area contributed by atoms with E-state index in [0.717, 1.165) is 6.42 Å². The Morgan fingerprint density at radius 1 is 0.926 bits per heavy atom. The van der Waals surface area contributed by atoms with Crippen molar-refractivity contribution in [2.45, 2.75) is 44.8 Å². The molecule has 1 heterocycles. The monoisotopic (exact) mass is 358 g/mol. The second-order valence-electron chi connectivity index (χ2n) is 7.03. The molecule has 0 aliphatic carbocycles. The van der Waals surface area contributed by atoms with Crippen LogP contribution >= 0.6 is 0 Å². The molecule has 2 aromatic carbocycles. The van der Waals surface area contributed by atoms with E-state index in [9.17, 15) is 0 Å². The predicted molar refractivity (Wildman–Crippen MR) is 119 cm³/mol. The van der Waals surface area contributed by atoms with Gasteiger partial charge in [-0.1, -0.05) is 93.0 Å². The van der Waals surface area contributed by atoms with Crippen molar-refractivity contribution in [3.63, 3.8) is 0 Å². The van der Waals surface area contributed by atoms with Gasteiger partial charge in [-0.05, 0) is 29.9 Å². The van der Waals surface area contributed by atoms with E-state index in [-0.39, 0.29) is 0 Å². The molecule has 0 saturated heterocycles. The van der Waals surface area contributed by atoms with E-state index in [1.807, 2.05) is 6.20 Å². The zero-order valence-electron chi connectivity index (χ0n) is 16.8. The number of nitrogens with one attached hydrogen (secondary N) is 1. The normalized spacial score (nSPS) is 11.0. The lowest BCUT2D eigenvalue weighted by atomic mass is 9.88. The van der Waals surface area contributed by atoms with E-state index in [0.29, 0.717) is 11.8 Å². The summed E-state index contributed by atoms with van der Waals surface area (Å²) in [5.74, 6) is 1.04. The molecule has 3 aromatic rings. The van der Waals surface area contributed by atoms with Crippen LogP contribution in [0.25, 0.3) is 0 Å². The average Bonchev–Trinajstić information content (AvgIpc) is 3.25. The van der Waals surface area contributed by atoms with Gasteiger partial charge in [0.2, 0.25) is 0 Å². The van der Waals surface area contributed by atoms with Crippen molar-refractivity contribution in [3.05, 3.63) is 102 Å². The lowest BCUT2D eigenvalue weighted by Crippen LogP contribution is -1.99. The Labute approximate surface area is 165 Å². The number of H-pyrrole nitrogens is 1. The van der Waals surface area contributed by atoms with Crippen molar-refractivity contribution in [1.29, 1.82) is 0 Å². The number of hydrogen-bond donors (Lipinski definition) is 1. The van der Waals surface area contributed by atoms with Crippen molar-refractivity contribution in [2.24, 2.45) is 0 Å². The SMILES string of the molecule is BCCC=CCC(c1ccccc1)c1ccccc1.CC(C)c1cnc[nH]1. The van der Waals surface area contributed by atoms with Crippen molar-refractivity contribution < 1.29 is 0 Å². The molecule has 0 radical (unpaired) electrons. The van der Waals surface area contributed by atoms with Crippen LogP contribution in [0.5, 0.6) is 0 Å². The molecule has 3 rings (SSSR count). The van der Waals surface area contributed by atoms with Gasteiger partial charge in [0.25, 0.3) is 0 Å². The maximum atomic E-state index is 3.89. The number of rotatable bonds is 7. The third-order valence-electron chi connectivity index (χ3n) is 4.54. The fourth-order valence-corrected chi connectivity index (χ4v) is 2.93. The first-order valence-corrected chi connectivity index (χ1v) is 9.95.